The van der Waals surface area contributed by atoms with Gasteiger partial charge in [0.05, 0.1) is 17.7 Å². The van der Waals surface area contributed by atoms with E-state index in [2.05, 4.69) is 26.0 Å². The topological polar surface area (TPSA) is 65.0 Å². The molecule has 0 radical (unpaired) electrons. The van der Waals surface area contributed by atoms with E-state index in [0.717, 1.165) is 12.0 Å². The van der Waals surface area contributed by atoms with Crippen LogP contribution in [0, 0.1) is 24.2 Å². The van der Waals surface area contributed by atoms with Crippen molar-refractivity contribution in [3.63, 3.8) is 0 Å². The largest absolute Gasteiger partial charge is 0.507 e. The lowest BCUT2D eigenvalue weighted by molar-refractivity contribution is -0.141. The Hall–Kier alpha value is -1.82. The Kier molecular flexibility index (Phi) is 10.2. The summed E-state index contributed by atoms with van der Waals surface area (Å²) in [6.45, 7) is 14.9. The lowest BCUT2D eigenvalue weighted by Crippen LogP contribution is -2.40. The predicted octanol–water partition coefficient (Wildman–Crippen LogP) is 7.12. The monoisotopic (exact) mass is 492 g/mol. The highest BCUT2D eigenvalue weighted by Crippen LogP contribution is 2.46. The van der Waals surface area contributed by atoms with E-state index in [0.29, 0.717) is 65.2 Å². The van der Waals surface area contributed by atoms with Gasteiger partial charge in [-0.15, -0.1) is 0 Å². The number of carbonyl (C=O) groups is 1. The van der Waals surface area contributed by atoms with E-state index in [1.807, 2.05) is 40.7 Å². The molecule has 1 aromatic carbocycles. The standard InChI is InChI=1S/C28H41ClO5/c1-9-33-27(34-10-2)23-19(5)24(29)26(32-8)21(25(23)31)13-11-17(3)15-16-28(7)18(4)12-14-22(30)20(28)6/h11,15-16,18,20,27,31H,9-10,12-14H2,1-8H3/b16-15+,17-11+. The first kappa shape index (κ1) is 28.4. The van der Waals surface area contributed by atoms with Crippen LogP contribution in [-0.4, -0.2) is 31.2 Å². The smallest absolute Gasteiger partial charge is 0.187 e. The van der Waals surface area contributed by atoms with Gasteiger partial charge in [-0.3, -0.25) is 4.79 Å². The first-order valence-electron chi connectivity index (χ1n) is 12.2. The number of ketones is 1. The molecular weight excluding hydrogens is 452 g/mol. The molecule has 1 saturated carbocycles. The zero-order chi connectivity index (χ0) is 25.6. The van der Waals surface area contributed by atoms with Gasteiger partial charge >= 0.3 is 0 Å². The van der Waals surface area contributed by atoms with Crippen molar-refractivity contribution in [2.75, 3.05) is 20.3 Å². The van der Waals surface area contributed by atoms with Crippen LogP contribution < -0.4 is 4.74 Å². The summed E-state index contributed by atoms with van der Waals surface area (Å²) in [6.07, 6.45) is 7.58. The molecule has 6 heteroatoms. The van der Waals surface area contributed by atoms with Crippen LogP contribution in [0.2, 0.25) is 5.02 Å². The van der Waals surface area contributed by atoms with Crippen LogP contribution in [-0.2, 0) is 20.7 Å². The quantitative estimate of drug-likeness (QED) is 0.278. The summed E-state index contributed by atoms with van der Waals surface area (Å²) in [5.74, 6) is 1.29. The number of halogens is 1. The number of rotatable bonds is 10. The number of hydrogen-bond donors (Lipinski definition) is 1. The number of Topliss-reactive ketones (excluding diaryl/α,β-unsaturated/α-hetero) is 1. The van der Waals surface area contributed by atoms with Crippen molar-refractivity contribution in [1.29, 1.82) is 0 Å². The average molecular weight is 493 g/mol. The number of allylic oxidation sites excluding steroid dienone is 4. The molecule has 3 unspecified atom stereocenters. The van der Waals surface area contributed by atoms with E-state index in [9.17, 15) is 9.90 Å². The second-order valence-electron chi connectivity index (χ2n) is 9.44. The van der Waals surface area contributed by atoms with E-state index in [1.165, 1.54) is 0 Å². The molecule has 1 N–H and O–H groups in total. The highest BCUT2D eigenvalue weighted by molar-refractivity contribution is 6.33. The van der Waals surface area contributed by atoms with Crippen LogP contribution in [0.4, 0.5) is 0 Å². The van der Waals surface area contributed by atoms with E-state index in [1.54, 1.807) is 7.11 Å². The van der Waals surface area contributed by atoms with Crippen molar-refractivity contribution in [2.24, 2.45) is 17.3 Å². The van der Waals surface area contributed by atoms with Gasteiger partial charge in [-0.2, -0.15) is 0 Å². The molecule has 0 heterocycles. The summed E-state index contributed by atoms with van der Waals surface area (Å²) in [4.78, 5) is 12.3. The van der Waals surface area contributed by atoms with Gasteiger partial charge in [-0.1, -0.05) is 56.2 Å². The van der Waals surface area contributed by atoms with Crippen LogP contribution in [0.5, 0.6) is 11.5 Å². The molecule has 190 valence electrons. The van der Waals surface area contributed by atoms with Gasteiger partial charge in [0.2, 0.25) is 0 Å². The molecular formula is C28H41ClO5. The van der Waals surface area contributed by atoms with E-state index in [-0.39, 0.29) is 17.1 Å². The fraction of sp³-hybridized carbons (Fsp3) is 0.607. The number of hydrogen-bond acceptors (Lipinski definition) is 5. The summed E-state index contributed by atoms with van der Waals surface area (Å²) >= 11 is 6.65. The number of carbonyl (C=O) groups excluding carboxylic acids is 1. The predicted molar refractivity (Wildman–Crippen MR) is 138 cm³/mol. The number of phenols is 1. The molecule has 0 bridgehead atoms. The zero-order valence-corrected chi connectivity index (χ0v) is 22.7. The van der Waals surface area contributed by atoms with Crippen molar-refractivity contribution in [1.82, 2.24) is 0 Å². The Morgan fingerprint density at radius 2 is 1.88 bits per heavy atom. The van der Waals surface area contributed by atoms with Gasteiger partial charge in [0.1, 0.15) is 17.3 Å². The molecule has 1 aliphatic carbocycles. The zero-order valence-electron chi connectivity index (χ0n) is 22.0. The third-order valence-corrected chi connectivity index (χ3v) is 7.91. The second kappa shape index (κ2) is 12.2. The number of aromatic hydroxyl groups is 1. The Labute approximate surface area is 210 Å². The number of ether oxygens (including phenoxy) is 3. The van der Waals surface area contributed by atoms with Crippen molar-refractivity contribution in [2.45, 2.75) is 74.0 Å². The van der Waals surface area contributed by atoms with Gasteiger partial charge < -0.3 is 19.3 Å². The molecule has 2 rings (SSSR count). The fourth-order valence-corrected chi connectivity index (χ4v) is 4.98. The molecule has 0 amide bonds. The van der Waals surface area contributed by atoms with Crippen LogP contribution in [0.15, 0.2) is 23.8 Å². The SMILES string of the molecule is CCOC(OCC)c1c(C)c(Cl)c(OC)c(C/C=C(C)/C=C/C2(C)C(C)CCC(=O)C2C)c1O. The van der Waals surface area contributed by atoms with Gasteiger partial charge in [-0.25, -0.2) is 0 Å². The van der Waals surface area contributed by atoms with Crippen molar-refractivity contribution >= 4 is 17.4 Å². The average Bonchev–Trinajstić information content (AvgIpc) is 2.81. The lowest BCUT2D eigenvalue weighted by Gasteiger charge is -2.42. The van der Waals surface area contributed by atoms with Crippen LogP contribution in [0.25, 0.3) is 0 Å². The summed E-state index contributed by atoms with van der Waals surface area (Å²) in [5, 5.41) is 11.7. The first-order valence-corrected chi connectivity index (χ1v) is 12.6. The summed E-state index contributed by atoms with van der Waals surface area (Å²) < 4.78 is 17.1. The number of benzene rings is 1. The maximum Gasteiger partial charge on any atom is 0.187 e. The Bertz CT molecular complexity index is 929. The molecule has 1 fully saturated rings. The van der Waals surface area contributed by atoms with E-state index < -0.39 is 6.29 Å². The van der Waals surface area contributed by atoms with Crippen LogP contribution >= 0.6 is 11.6 Å². The van der Waals surface area contributed by atoms with Crippen LogP contribution in [0.1, 0.15) is 77.4 Å². The normalized spacial score (nSPS) is 23.8. The molecule has 1 aromatic rings. The fourth-order valence-electron chi connectivity index (χ4n) is 4.69. The third-order valence-electron chi connectivity index (χ3n) is 7.46. The van der Waals surface area contributed by atoms with Crippen LogP contribution in [0.3, 0.4) is 0 Å². The van der Waals surface area contributed by atoms with Gasteiger partial charge in [0.25, 0.3) is 0 Å². The van der Waals surface area contributed by atoms with Crippen molar-refractivity contribution in [3.05, 3.63) is 45.5 Å². The summed E-state index contributed by atoms with van der Waals surface area (Å²) in [7, 11) is 1.55. The summed E-state index contributed by atoms with van der Waals surface area (Å²) in [5.41, 5.74) is 2.65. The lowest BCUT2D eigenvalue weighted by atomic mass is 9.61. The van der Waals surface area contributed by atoms with E-state index >= 15 is 0 Å². The third kappa shape index (κ3) is 5.87. The van der Waals surface area contributed by atoms with Gasteiger partial charge in [0.15, 0.2) is 6.29 Å². The maximum absolute atomic E-state index is 12.3. The van der Waals surface area contributed by atoms with Crippen molar-refractivity contribution in [3.8, 4) is 11.5 Å². The Balaban J connectivity index is 2.42. The molecule has 5 nitrogen and oxygen atoms in total. The molecule has 34 heavy (non-hydrogen) atoms. The number of phenolic OH excluding ortho intramolecular Hbond substituents is 1. The van der Waals surface area contributed by atoms with E-state index in [4.69, 9.17) is 25.8 Å². The van der Waals surface area contributed by atoms with Gasteiger partial charge in [0, 0.05) is 31.1 Å². The molecule has 0 spiro atoms. The minimum Gasteiger partial charge on any atom is -0.507 e. The number of methoxy groups -OCH3 is 1. The minimum atomic E-state index is -0.714. The highest BCUT2D eigenvalue weighted by Gasteiger charge is 2.41. The Morgan fingerprint density at radius 3 is 2.44 bits per heavy atom. The maximum atomic E-state index is 12.3. The summed E-state index contributed by atoms with van der Waals surface area (Å²) in [6, 6.07) is 0. The Morgan fingerprint density at radius 1 is 1.26 bits per heavy atom. The minimum absolute atomic E-state index is 0.00281. The highest BCUT2D eigenvalue weighted by atomic mass is 35.5. The molecule has 0 aromatic heterocycles. The molecule has 0 saturated heterocycles. The second-order valence-corrected chi connectivity index (χ2v) is 9.81. The first-order chi connectivity index (χ1) is 16.0. The molecule has 0 aliphatic heterocycles. The van der Waals surface area contributed by atoms with Crippen molar-refractivity contribution < 1.29 is 24.1 Å². The van der Waals surface area contributed by atoms with Gasteiger partial charge in [-0.05, 0) is 57.4 Å². The molecule has 1 aliphatic rings. The molecule has 3 atom stereocenters.